The van der Waals surface area contributed by atoms with Gasteiger partial charge in [0.2, 0.25) is 0 Å². The maximum atomic E-state index is 13.8. The first-order chi connectivity index (χ1) is 9.61. The fourth-order valence-corrected chi connectivity index (χ4v) is 2.40. The van der Waals surface area contributed by atoms with Crippen molar-refractivity contribution >= 4 is 11.6 Å². The molecule has 2 aromatic rings. The lowest BCUT2D eigenvalue weighted by atomic mass is 9.98. The van der Waals surface area contributed by atoms with E-state index in [4.69, 9.17) is 11.6 Å². The second kappa shape index (κ2) is 6.82. The second-order valence-corrected chi connectivity index (χ2v) is 5.02. The molecule has 1 unspecified atom stereocenters. The zero-order chi connectivity index (χ0) is 14.5. The molecule has 1 atom stereocenters. The summed E-state index contributed by atoms with van der Waals surface area (Å²) in [6, 6.07) is 11.6. The molecule has 0 radical (unpaired) electrons. The van der Waals surface area contributed by atoms with Gasteiger partial charge in [-0.25, -0.2) is 8.78 Å². The van der Waals surface area contributed by atoms with E-state index in [9.17, 15) is 8.78 Å². The normalized spacial score (nSPS) is 12.4. The zero-order valence-electron chi connectivity index (χ0n) is 11.2. The predicted molar refractivity (Wildman–Crippen MR) is 77.9 cm³/mol. The van der Waals surface area contributed by atoms with Gasteiger partial charge in [0.1, 0.15) is 0 Å². The molecule has 0 saturated carbocycles. The van der Waals surface area contributed by atoms with E-state index in [1.807, 2.05) is 25.1 Å². The Hall–Kier alpha value is -1.45. The molecular weight excluding hydrogens is 280 g/mol. The monoisotopic (exact) mass is 295 g/mol. The Morgan fingerprint density at radius 2 is 1.90 bits per heavy atom. The van der Waals surface area contributed by atoms with E-state index in [1.54, 1.807) is 12.1 Å². The van der Waals surface area contributed by atoms with Crippen LogP contribution < -0.4 is 5.32 Å². The van der Waals surface area contributed by atoms with Crippen molar-refractivity contribution in [2.45, 2.75) is 19.4 Å². The van der Waals surface area contributed by atoms with Crippen LogP contribution in [0.4, 0.5) is 8.78 Å². The van der Waals surface area contributed by atoms with Crippen molar-refractivity contribution in [2.75, 3.05) is 6.54 Å². The van der Waals surface area contributed by atoms with E-state index >= 15 is 0 Å². The molecule has 0 saturated heterocycles. The van der Waals surface area contributed by atoms with E-state index in [0.717, 1.165) is 18.2 Å². The summed E-state index contributed by atoms with van der Waals surface area (Å²) >= 11 is 5.99. The highest BCUT2D eigenvalue weighted by molar-refractivity contribution is 6.30. The van der Waals surface area contributed by atoms with E-state index < -0.39 is 11.6 Å². The van der Waals surface area contributed by atoms with E-state index in [-0.39, 0.29) is 6.04 Å². The number of rotatable bonds is 5. The van der Waals surface area contributed by atoms with Crippen molar-refractivity contribution < 1.29 is 8.78 Å². The van der Waals surface area contributed by atoms with Crippen LogP contribution in [0.15, 0.2) is 42.5 Å². The van der Waals surface area contributed by atoms with Gasteiger partial charge in [-0.3, -0.25) is 0 Å². The average molecular weight is 296 g/mol. The molecule has 0 bridgehead atoms. The van der Waals surface area contributed by atoms with Gasteiger partial charge in [-0.15, -0.1) is 0 Å². The number of benzene rings is 2. The first-order valence-electron chi connectivity index (χ1n) is 6.53. The maximum absolute atomic E-state index is 13.8. The Kier molecular flexibility index (Phi) is 5.10. The van der Waals surface area contributed by atoms with Crippen LogP contribution in [-0.2, 0) is 6.42 Å². The largest absolute Gasteiger partial charge is 0.310 e. The highest BCUT2D eigenvalue weighted by atomic mass is 35.5. The number of halogens is 3. The van der Waals surface area contributed by atoms with Crippen molar-refractivity contribution in [1.29, 1.82) is 0 Å². The van der Waals surface area contributed by atoms with Crippen molar-refractivity contribution in [2.24, 2.45) is 0 Å². The quantitative estimate of drug-likeness (QED) is 0.855. The third-order valence-corrected chi connectivity index (χ3v) is 3.39. The SMILES string of the molecule is CCNC(Cc1cccc(F)c1F)c1cccc(Cl)c1. The molecule has 2 rings (SSSR count). The van der Waals surface area contributed by atoms with Gasteiger partial charge in [-0.05, 0) is 42.3 Å². The van der Waals surface area contributed by atoms with Crippen LogP contribution in [0, 0.1) is 11.6 Å². The highest BCUT2D eigenvalue weighted by Crippen LogP contribution is 2.23. The van der Waals surface area contributed by atoms with Crippen LogP contribution in [0.5, 0.6) is 0 Å². The van der Waals surface area contributed by atoms with Crippen LogP contribution in [-0.4, -0.2) is 6.54 Å². The molecule has 0 heterocycles. The molecule has 106 valence electrons. The van der Waals surface area contributed by atoms with Crippen LogP contribution in [0.1, 0.15) is 24.1 Å². The third-order valence-electron chi connectivity index (χ3n) is 3.16. The number of hydrogen-bond acceptors (Lipinski definition) is 1. The van der Waals surface area contributed by atoms with Gasteiger partial charge in [-0.2, -0.15) is 0 Å². The maximum Gasteiger partial charge on any atom is 0.162 e. The van der Waals surface area contributed by atoms with Gasteiger partial charge in [0.25, 0.3) is 0 Å². The molecule has 0 amide bonds. The Labute approximate surface area is 122 Å². The smallest absolute Gasteiger partial charge is 0.162 e. The van der Waals surface area contributed by atoms with Crippen molar-refractivity contribution in [1.82, 2.24) is 5.32 Å². The molecule has 1 nitrogen and oxygen atoms in total. The van der Waals surface area contributed by atoms with Crippen LogP contribution in [0.25, 0.3) is 0 Å². The fourth-order valence-electron chi connectivity index (χ4n) is 2.20. The standard InChI is InChI=1S/C16H16ClF2N/c1-2-20-15(11-5-3-7-13(17)9-11)10-12-6-4-8-14(18)16(12)19/h3-9,15,20H,2,10H2,1H3. The summed E-state index contributed by atoms with van der Waals surface area (Å²) in [7, 11) is 0. The molecule has 0 aromatic heterocycles. The summed E-state index contributed by atoms with van der Waals surface area (Å²) in [5.41, 5.74) is 1.32. The molecule has 0 aliphatic heterocycles. The van der Waals surface area contributed by atoms with E-state index in [2.05, 4.69) is 5.32 Å². The lowest BCUT2D eigenvalue weighted by Crippen LogP contribution is -2.23. The minimum Gasteiger partial charge on any atom is -0.310 e. The van der Waals surface area contributed by atoms with Gasteiger partial charge in [0.05, 0.1) is 0 Å². The summed E-state index contributed by atoms with van der Waals surface area (Å²) in [5.74, 6) is -1.60. The molecule has 0 fully saturated rings. The Morgan fingerprint density at radius 3 is 2.60 bits per heavy atom. The topological polar surface area (TPSA) is 12.0 Å². The van der Waals surface area contributed by atoms with Crippen LogP contribution in [0.2, 0.25) is 5.02 Å². The minimum absolute atomic E-state index is 0.102. The second-order valence-electron chi connectivity index (χ2n) is 4.58. The van der Waals surface area contributed by atoms with Crippen molar-refractivity contribution in [3.63, 3.8) is 0 Å². The fraction of sp³-hybridized carbons (Fsp3) is 0.250. The van der Waals surface area contributed by atoms with Crippen molar-refractivity contribution in [3.05, 3.63) is 70.2 Å². The first-order valence-corrected chi connectivity index (χ1v) is 6.91. The summed E-state index contributed by atoms with van der Waals surface area (Å²) in [5, 5.41) is 3.90. The Balaban J connectivity index is 2.28. The van der Waals surface area contributed by atoms with Crippen LogP contribution >= 0.6 is 11.6 Å². The molecule has 20 heavy (non-hydrogen) atoms. The number of likely N-dealkylation sites (N-methyl/N-ethyl adjacent to an activating group) is 1. The van der Waals surface area contributed by atoms with E-state index in [0.29, 0.717) is 17.0 Å². The molecule has 4 heteroatoms. The van der Waals surface area contributed by atoms with Gasteiger partial charge < -0.3 is 5.32 Å². The van der Waals surface area contributed by atoms with Gasteiger partial charge in [0.15, 0.2) is 11.6 Å². The Morgan fingerprint density at radius 1 is 1.15 bits per heavy atom. The average Bonchev–Trinajstić information content (AvgIpc) is 2.43. The number of nitrogens with one attached hydrogen (secondary N) is 1. The molecule has 0 aliphatic carbocycles. The van der Waals surface area contributed by atoms with Crippen LogP contribution in [0.3, 0.4) is 0 Å². The predicted octanol–water partition coefficient (Wildman–Crippen LogP) is 4.51. The summed E-state index contributed by atoms with van der Waals surface area (Å²) < 4.78 is 27.0. The van der Waals surface area contributed by atoms with E-state index in [1.165, 1.54) is 6.07 Å². The molecular formula is C16H16ClF2N. The van der Waals surface area contributed by atoms with Gasteiger partial charge in [-0.1, -0.05) is 42.8 Å². The highest BCUT2D eigenvalue weighted by Gasteiger charge is 2.15. The molecule has 0 spiro atoms. The number of hydrogen-bond donors (Lipinski definition) is 1. The first kappa shape index (κ1) is 14.9. The molecule has 2 aromatic carbocycles. The Bertz CT molecular complexity index is 586. The summed E-state index contributed by atoms with van der Waals surface area (Å²) in [6.07, 6.45) is 0.373. The zero-order valence-corrected chi connectivity index (χ0v) is 11.9. The third kappa shape index (κ3) is 3.56. The molecule has 1 N–H and O–H groups in total. The van der Waals surface area contributed by atoms with Crippen molar-refractivity contribution in [3.8, 4) is 0 Å². The summed E-state index contributed by atoms with van der Waals surface area (Å²) in [4.78, 5) is 0. The minimum atomic E-state index is -0.816. The molecule has 0 aliphatic rings. The lowest BCUT2D eigenvalue weighted by Gasteiger charge is -2.19. The van der Waals surface area contributed by atoms with Gasteiger partial charge in [0, 0.05) is 11.1 Å². The summed E-state index contributed by atoms with van der Waals surface area (Å²) in [6.45, 7) is 2.70. The van der Waals surface area contributed by atoms with Gasteiger partial charge >= 0.3 is 0 Å². The lowest BCUT2D eigenvalue weighted by molar-refractivity contribution is 0.481.